The first-order chi connectivity index (χ1) is 6.34. The molecular weight excluding hydrogens is 197 g/mol. The molecule has 0 amide bonds. The van der Waals surface area contributed by atoms with Crippen molar-refractivity contribution in [2.24, 2.45) is 0 Å². The Morgan fingerprint density at radius 1 is 1.36 bits per heavy atom. The van der Waals surface area contributed by atoms with Gasteiger partial charge < -0.3 is 15.3 Å². The maximum absolute atomic E-state index is 11.8. The van der Waals surface area contributed by atoms with Crippen molar-refractivity contribution in [3.05, 3.63) is 0 Å². The van der Waals surface area contributed by atoms with Gasteiger partial charge in [-0.05, 0) is 33.6 Å². The van der Waals surface area contributed by atoms with Gasteiger partial charge in [0.05, 0.1) is 0 Å². The molecule has 1 unspecified atom stereocenters. The molecule has 0 bridgehead atoms. The van der Waals surface area contributed by atoms with Crippen LogP contribution in [0.25, 0.3) is 0 Å². The number of alkyl halides is 3. The molecule has 0 aliphatic rings. The zero-order valence-electron chi connectivity index (χ0n) is 8.43. The van der Waals surface area contributed by atoms with Crippen molar-refractivity contribution in [1.29, 1.82) is 0 Å². The molecule has 0 aromatic carbocycles. The predicted molar refractivity (Wildman–Crippen MR) is 48.1 cm³/mol. The molecule has 0 aromatic heterocycles. The molecule has 3 nitrogen and oxygen atoms in total. The molecule has 1 atom stereocenters. The molecule has 0 aliphatic carbocycles. The Labute approximate surface area is 81.9 Å². The molecule has 0 saturated heterocycles. The van der Waals surface area contributed by atoms with Gasteiger partial charge in [0.15, 0.2) is 6.10 Å². The van der Waals surface area contributed by atoms with Gasteiger partial charge in [-0.2, -0.15) is 13.2 Å². The first-order valence-corrected chi connectivity index (χ1v) is 4.44. The third-order valence-corrected chi connectivity index (χ3v) is 1.67. The maximum Gasteiger partial charge on any atom is 0.415 e. The summed E-state index contributed by atoms with van der Waals surface area (Å²) in [5.74, 6) is 0. The number of aliphatic hydroxyl groups excluding tert-OH is 1. The first-order valence-electron chi connectivity index (χ1n) is 4.44. The summed E-state index contributed by atoms with van der Waals surface area (Å²) in [5.41, 5.74) is 0. The van der Waals surface area contributed by atoms with Crippen LogP contribution in [0.5, 0.6) is 0 Å². The van der Waals surface area contributed by atoms with Crippen LogP contribution >= 0.6 is 0 Å². The molecule has 0 aliphatic heterocycles. The fraction of sp³-hybridized carbons (Fsp3) is 1.00. The van der Waals surface area contributed by atoms with Crippen molar-refractivity contribution in [3.8, 4) is 0 Å². The van der Waals surface area contributed by atoms with Crippen LogP contribution in [0.2, 0.25) is 0 Å². The number of halogens is 3. The lowest BCUT2D eigenvalue weighted by Crippen LogP contribution is -2.39. The van der Waals surface area contributed by atoms with E-state index in [2.05, 4.69) is 5.32 Å². The topological polar surface area (TPSA) is 35.5 Å². The summed E-state index contributed by atoms with van der Waals surface area (Å²) in [6, 6.07) is 0. The fourth-order valence-electron chi connectivity index (χ4n) is 0.875. The second-order valence-electron chi connectivity index (χ2n) is 3.42. The van der Waals surface area contributed by atoms with Crippen LogP contribution < -0.4 is 5.32 Å². The highest BCUT2D eigenvalue weighted by molar-refractivity contribution is 4.67. The summed E-state index contributed by atoms with van der Waals surface area (Å²) in [6.45, 7) is 0.858. The van der Waals surface area contributed by atoms with Gasteiger partial charge in [0.1, 0.15) is 0 Å². The van der Waals surface area contributed by atoms with E-state index in [1.54, 1.807) is 0 Å². The summed E-state index contributed by atoms with van der Waals surface area (Å²) >= 11 is 0. The molecule has 14 heavy (non-hydrogen) atoms. The van der Waals surface area contributed by atoms with E-state index in [1.807, 2.05) is 19.0 Å². The van der Waals surface area contributed by atoms with Crippen molar-refractivity contribution in [2.45, 2.75) is 18.7 Å². The predicted octanol–water partition coefficient (Wildman–Crippen LogP) is 0.451. The molecule has 0 rings (SSSR count). The number of nitrogens with one attached hydrogen (secondary N) is 1. The number of rotatable bonds is 6. The van der Waals surface area contributed by atoms with Crippen LogP contribution in [-0.4, -0.2) is 56.0 Å². The lowest BCUT2D eigenvalue weighted by atomic mass is 10.3. The summed E-state index contributed by atoms with van der Waals surface area (Å²) in [5, 5.41) is 11.1. The average molecular weight is 214 g/mol. The van der Waals surface area contributed by atoms with Gasteiger partial charge in [0.2, 0.25) is 0 Å². The fourth-order valence-corrected chi connectivity index (χ4v) is 0.875. The van der Waals surface area contributed by atoms with Gasteiger partial charge >= 0.3 is 6.18 Å². The monoisotopic (exact) mass is 214 g/mol. The van der Waals surface area contributed by atoms with Crippen molar-refractivity contribution in [3.63, 3.8) is 0 Å². The molecule has 0 fully saturated rings. The molecule has 0 radical (unpaired) electrons. The first kappa shape index (κ1) is 13.7. The Kier molecular flexibility index (Phi) is 6.06. The van der Waals surface area contributed by atoms with Gasteiger partial charge in [-0.3, -0.25) is 0 Å². The lowest BCUT2D eigenvalue weighted by Gasteiger charge is -2.15. The summed E-state index contributed by atoms with van der Waals surface area (Å²) < 4.78 is 35.4. The summed E-state index contributed by atoms with van der Waals surface area (Å²) in [6.07, 6.45) is -6.02. The van der Waals surface area contributed by atoms with E-state index in [9.17, 15) is 13.2 Å². The second kappa shape index (κ2) is 6.21. The minimum Gasteiger partial charge on any atom is -0.382 e. The van der Waals surface area contributed by atoms with Crippen LogP contribution in [0.3, 0.4) is 0 Å². The highest BCUT2D eigenvalue weighted by Crippen LogP contribution is 2.18. The maximum atomic E-state index is 11.8. The van der Waals surface area contributed by atoms with Gasteiger partial charge in [0, 0.05) is 6.54 Å². The van der Waals surface area contributed by atoms with E-state index in [1.165, 1.54) is 0 Å². The van der Waals surface area contributed by atoms with E-state index >= 15 is 0 Å². The van der Waals surface area contributed by atoms with Gasteiger partial charge in [-0.25, -0.2) is 0 Å². The zero-order valence-corrected chi connectivity index (χ0v) is 8.43. The van der Waals surface area contributed by atoms with Crippen LogP contribution in [-0.2, 0) is 0 Å². The Balaban J connectivity index is 3.37. The SMILES string of the molecule is CN(C)CCCNCC(O)C(F)(F)F. The van der Waals surface area contributed by atoms with E-state index < -0.39 is 18.8 Å². The zero-order chi connectivity index (χ0) is 11.2. The smallest absolute Gasteiger partial charge is 0.382 e. The Morgan fingerprint density at radius 3 is 2.36 bits per heavy atom. The van der Waals surface area contributed by atoms with E-state index in [0.29, 0.717) is 6.54 Å². The van der Waals surface area contributed by atoms with Crippen LogP contribution in [0.4, 0.5) is 13.2 Å². The van der Waals surface area contributed by atoms with Crippen LogP contribution in [0.1, 0.15) is 6.42 Å². The Hall–Kier alpha value is -0.330. The lowest BCUT2D eigenvalue weighted by molar-refractivity contribution is -0.201. The Bertz CT molecular complexity index is 150. The van der Waals surface area contributed by atoms with Crippen LogP contribution in [0.15, 0.2) is 0 Å². The van der Waals surface area contributed by atoms with Crippen LogP contribution in [0, 0.1) is 0 Å². The molecule has 2 N–H and O–H groups in total. The number of nitrogens with zero attached hydrogens (tertiary/aromatic N) is 1. The van der Waals surface area contributed by atoms with E-state index in [0.717, 1.165) is 13.0 Å². The highest BCUT2D eigenvalue weighted by Gasteiger charge is 2.37. The second-order valence-corrected chi connectivity index (χ2v) is 3.42. The number of hydrogen-bond acceptors (Lipinski definition) is 3. The molecule has 0 aromatic rings. The van der Waals surface area contributed by atoms with E-state index in [4.69, 9.17) is 5.11 Å². The third-order valence-electron chi connectivity index (χ3n) is 1.67. The molecule has 0 heterocycles. The molecule has 86 valence electrons. The van der Waals surface area contributed by atoms with Crippen molar-refractivity contribution in [1.82, 2.24) is 10.2 Å². The summed E-state index contributed by atoms with van der Waals surface area (Å²) in [7, 11) is 3.79. The number of aliphatic hydroxyl groups is 1. The summed E-state index contributed by atoms with van der Waals surface area (Å²) in [4.78, 5) is 1.95. The minimum atomic E-state index is -4.52. The highest BCUT2D eigenvalue weighted by atomic mass is 19.4. The normalized spacial score (nSPS) is 14.8. The largest absolute Gasteiger partial charge is 0.415 e. The van der Waals surface area contributed by atoms with Gasteiger partial charge in [0.25, 0.3) is 0 Å². The van der Waals surface area contributed by atoms with Gasteiger partial charge in [-0.1, -0.05) is 0 Å². The quantitative estimate of drug-likeness (QED) is 0.630. The minimum absolute atomic E-state index is 0.434. The van der Waals surface area contributed by atoms with Crippen molar-refractivity contribution >= 4 is 0 Å². The third kappa shape index (κ3) is 7.11. The standard InChI is InChI=1S/C8H17F3N2O/c1-13(2)5-3-4-12-6-7(14)8(9,10)11/h7,12,14H,3-6H2,1-2H3. The Morgan fingerprint density at radius 2 is 1.93 bits per heavy atom. The molecular formula is C8H17F3N2O. The molecule has 6 heteroatoms. The molecule has 0 spiro atoms. The number of hydrogen-bond donors (Lipinski definition) is 2. The van der Waals surface area contributed by atoms with E-state index in [-0.39, 0.29) is 0 Å². The van der Waals surface area contributed by atoms with Crippen molar-refractivity contribution < 1.29 is 18.3 Å². The average Bonchev–Trinajstić information content (AvgIpc) is 2.01. The van der Waals surface area contributed by atoms with Gasteiger partial charge in [-0.15, -0.1) is 0 Å². The molecule has 0 saturated carbocycles. The van der Waals surface area contributed by atoms with Crippen molar-refractivity contribution in [2.75, 3.05) is 33.7 Å².